The molecular weight excluding hydrogens is 310 g/mol. The van der Waals surface area contributed by atoms with Gasteiger partial charge >= 0.3 is 5.97 Å². The standard InChI is InChI=1S/C18H21NO5/c1-2-23-16(18(21)22)12-14-8-9-19(17(20)13-14)10-11-24-15-6-4-3-5-7-15/h3-9,13,16H,2,10-12H2,1H3,(H,21,22). The molecule has 0 aliphatic heterocycles. The summed E-state index contributed by atoms with van der Waals surface area (Å²) >= 11 is 0. The molecule has 0 aliphatic carbocycles. The van der Waals surface area contributed by atoms with Gasteiger partial charge in [-0.2, -0.15) is 0 Å². The average Bonchev–Trinajstić information content (AvgIpc) is 2.57. The number of benzene rings is 1. The second kappa shape index (κ2) is 8.88. The maximum atomic E-state index is 12.1. The van der Waals surface area contributed by atoms with Crippen molar-refractivity contribution in [2.75, 3.05) is 13.2 Å². The van der Waals surface area contributed by atoms with E-state index in [0.29, 0.717) is 25.3 Å². The number of ether oxygens (including phenoxy) is 2. The highest BCUT2D eigenvalue weighted by Gasteiger charge is 2.18. The van der Waals surface area contributed by atoms with Crippen LogP contribution in [0.4, 0.5) is 0 Å². The van der Waals surface area contributed by atoms with Gasteiger partial charge in [-0.3, -0.25) is 4.79 Å². The van der Waals surface area contributed by atoms with Gasteiger partial charge in [-0.25, -0.2) is 4.79 Å². The molecule has 1 unspecified atom stereocenters. The Morgan fingerprint density at radius 2 is 2.00 bits per heavy atom. The zero-order valence-corrected chi connectivity index (χ0v) is 13.6. The van der Waals surface area contributed by atoms with Gasteiger partial charge < -0.3 is 19.1 Å². The van der Waals surface area contributed by atoms with Crippen LogP contribution in [0.1, 0.15) is 12.5 Å². The lowest BCUT2D eigenvalue weighted by atomic mass is 10.1. The van der Waals surface area contributed by atoms with Crippen molar-refractivity contribution in [3.63, 3.8) is 0 Å². The topological polar surface area (TPSA) is 77.8 Å². The number of para-hydroxylation sites is 1. The largest absolute Gasteiger partial charge is 0.492 e. The Morgan fingerprint density at radius 1 is 1.25 bits per heavy atom. The third-order valence-corrected chi connectivity index (χ3v) is 3.47. The van der Waals surface area contributed by atoms with Crippen molar-refractivity contribution in [3.05, 3.63) is 64.6 Å². The lowest BCUT2D eigenvalue weighted by molar-refractivity contribution is -0.149. The molecule has 0 amide bonds. The molecule has 128 valence electrons. The Labute approximate surface area is 140 Å². The van der Waals surface area contributed by atoms with Gasteiger partial charge in [0.15, 0.2) is 6.10 Å². The van der Waals surface area contributed by atoms with Gasteiger partial charge in [0.05, 0.1) is 6.54 Å². The fourth-order valence-corrected chi connectivity index (χ4v) is 2.27. The zero-order chi connectivity index (χ0) is 17.4. The molecule has 2 aromatic rings. The fraction of sp³-hybridized carbons (Fsp3) is 0.333. The summed E-state index contributed by atoms with van der Waals surface area (Å²) in [5.41, 5.74) is 0.450. The van der Waals surface area contributed by atoms with Crippen LogP contribution >= 0.6 is 0 Å². The van der Waals surface area contributed by atoms with E-state index in [0.717, 1.165) is 5.75 Å². The van der Waals surface area contributed by atoms with Crippen LogP contribution in [0.3, 0.4) is 0 Å². The Kier molecular flexibility index (Phi) is 6.57. The number of aromatic nitrogens is 1. The van der Waals surface area contributed by atoms with Gasteiger partial charge in [0.1, 0.15) is 12.4 Å². The van der Waals surface area contributed by atoms with Crippen molar-refractivity contribution in [3.8, 4) is 5.75 Å². The Morgan fingerprint density at radius 3 is 2.62 bits per heavy atom. The normalized spacial score (nSPS) is 11.9. The van der Waals surface area contributed by atoms with E-state index in [1.807, 2.05) is 30.3 Å². The van der Waals surface area contributed by atoms with Crippen LogP contribution in [0.5, 0.6) is 5.75 Å². The second-order valence-corrected chi connectivity index (χ2v) is 5.21. The minimum Gasteiger partial charge on any atom is -0.492 e. The van der Waals surface area contributed by atoms with E-state index in [1.54, 1.807) is 19.2 Å². The second-order valence-electron chi connectivity index (χ2n) is 5.21. The van der Waals surface area contributed by atoms with Crippen molar-refractivity contribution in [2.24, 2.45) is 0 Å². The van der Waals surface area contributed by atoms with E-state index < -0.39 is 12.1 Å². The summed E-state index contributed by atoms with van der Waals surface area (Å²) in [7, 11) is 0. The van der Waals surface area contributed by atoms with Gasteiger partial charge in [-0.1, -0.05) is 18.2 Å². The molecule has 0 fully saturated rings. The lowest BCUT2D eigenvalue weighted by Gasteiger charge is -2.13. The summed E-state index contributed by atoms with van der Waals surface area (Å²) < 4.78 is 12.3. The van der Waals surface area contributed by atoms with Gasteiger partial charge in [0.25, 0.3) is 5.56 Å². The van der Waals surface area contributed by atoms with Crippen molar-refractivity contribution in [1.29, 1.82) is 0 Å². The summed E-state index contributed by atoms with van der Waals surface area (Å²) in [6, 6.07) is 12.6. The highest BCUT2D eigenvalue weighted by atomic mass is 16.5. The van der Waals surface area contributed by atoms with Crippen molar-refractivity contribution in [1.82, 2.24) is 4.57 Å². The van der Waals surface area contributed by atoms with Crippen LogP contribution in [-0.4, -0.2) is 35.0 Å². The van der Waals surface area contributed by atoms with E-state index in [-0.39, 0.29) is 12.0 Å². The molecule has 0 saturated carbocycles. The highest BCUT2D eigenvalue weighted by Crippen LogP contribution is 2.08. The average molecular weight is 331 g/mol. The molecule has 0 saturated heterocycles. The first-order valence-corrected chi connectivity index (χ1v) is 7.81. The molecule has 0 spiro atoms. The maximum Gasteiger partial charge on any atom is 0.333 e. The lowest BCUT2D eigenvalue weighted by Crippen LogP contribution is -2.28. The van der Waals surface area contributed by atoms with E-state index in [4.69, 9.17) is 14.6 Å². The van der Waals surface area contributed by atoms with Crippen LogP contribution in [0, 0.1) is 0 Å². The van der Waals surface area contributed by atoms with Gasteiger partial charge in [0, 0.05) is 25.3 Å². The first kappa shape index (κ1) is 17.7. The van der Waals surface area contributed by atoms with E-state index in [2.05, 4.69) is 0 Å². The molecule has 0 radical (unpaired) electrons. The van der Waals surface area contributed by atoms with E-state index >= 15 is 0 Å². The molecule has 2 rings (SSSR count). The van der Waals surface area contributed by atoms with Crippen molar-refractivity contribution in [2.45, 2.75) is 26.0 Å². The Hall–Kier alpha value is -2.60. The number of pyridine rings is 1. The number of aliphatic carboxylic acids is 1. The number of rotatable bonds is 9. The van der Waals surface area contributed by atoms with E-state index in [9.17, 15) is 9.59 Å². The number of hydrogen-bond acceptors (Lipinski definition) is 4. The minimum atomic E-state index is -1.03. The van der Waals surface area contributed by atoms with Crippen LogP contribution in [0.2, 0.25) is 0 Å². The van der Waals surface area contributed by atoms with Crippen molar-refractivity contribution >= 4 is 5.97 Å². The third-order valence-electron chi connectivity index (χ3n) is 3.47. The molecule has 1 aromatic heterocycles. The van der Waals surface area contributed by atoms with Crippen LogP contribution < -0.4 is 10.3 Å². The molecule has 0 bridgehead atoms. The summed E-state index contributed by atoms with van der Waals surface area (Å²) in [5, 5.41) is 9.09. The monoisotopic (exact) mass is 331 g/mol. The van der Waals surface area contributed by atoms with Crippen LogP contribution in [0.25, 0.3) is 0 Å². The van der Waals surface area contributed by atoms with Crippen LogP contribution in [0.15, 0.2) is 53.5 Å². The molecule has 1 aromatic carbocycles. The quantitative estimate of drug-likeness (QED) is 0.760. The summed E-state index contributed by atoms with van der Waals surface area (Å²) in [6.45, 7) is 2.84. The number of nitrogens with zero attached hydrogens (tertiary/aromatic N) is 1. The molecular formula is C18H21NO5. The highest BCUT2D eigenvalue weighted by molar-refractivity contribution is 5.72. The maximum absolute atomic E-state index is 12.1. The molecule has 6 nitrogen and oxygen atoms in total. The molecule has 0 aliphatic rings. The van der Waals surface area contributed by atoms with Gasteiger partial charge in [0.2, 0.25) is 0 Å². The predicted octanol–water partition coefficient (Wildman–Crippen LogP) is 1.96. The third kappa shape index (κ3) is 5.24. The number of hydrogen-bond donors (Lipinski definition) is 1. The van der Waals surface area contributed by atoms with Crippen LogP contribution in [-0.2, 0) is 22.5 Å². The molecule has 1 heterocycles. The first-order valence-electron chi connectivity index (χ1n) is 7.81. The SMILES string of the molecule is CCOC(Cc1ccn(CCOc2ccccc2)c(=O)c1)C(=O)O. The molecule has 1 N–H and O–H groups in total. The van der Waals surface area contributed by atoms with Gasteiger partial charge in [-0.15, -0.1) is 0 Å². The fourth-order valence-electron chi connectivity index (χ4n) is 2.27. The molecule has 24 heavy (non-hydrogen) atoms. The number of carboxylic acid groups (broad SMARTS) is 1. The predicted molar refractivity (Wildman–Crippen MR) is 89.4 cm³/mol. The van der Waals surface area contributed by atoms with E-state index in [1.165, 1.54) is 10.6 Å². The summed E-state index contributed by atoms with van der Waals surface area (Å²) in [6.07, 6.45) is 0.878. The zero-order valence-electron chi connectivity index (χ0n) is 13.6. The Bertz CT molecular complexity index is 711. The van der Waals surface area contributed by atoms with Crippen molar-refractivity contribution < 1.29 is 19.4 Å². The first-order chi connectivity index (χ1) is 11.6. The molecule has 1 atom stereocenters. The minimum absolute atomic E-state index is 0.166. The summed E-state index contributed by atoms with van der Waals surface area (Å²) in [4.78, 5) is 23.2. The van der Waals surface area contributed by atoms with Gasteiger partial charge in [-0.05, 0) is 30.7 Å². The summed E-state index contributed by atoms with van der Waals surface area (Å²) in [5.74, 6) is -0.277. The Balaban J connectivity index is 1.94. The number of carboxylic acids is 1. The number of carbonyl (C=O) groups is 1. The smallest absolute Gasteiger partial charge is 0.333 e. The molecule has 6 heteroatoms.